The Morgan fingerprint density at radius 3 is 1.06 bits per heavy atom. The molecule has 0 aliphatic carbocycles. The van der Waals surface area contributed by atoms with E-state index >= 15 is 0 Å². The van der Waals surface area contributed by atoms with Gasteiger partial charge in [-0.25, -0.2) is 26.3 Å². The van der Waals surface area contributed by atoms with E-state index in [0.29, 0.717) is 35.6 Å². The minimum absolute atomic E-state index is 0.138. The van der Waals surface area contributed by atoms with Crippen molar-refractivity contribution >= 4 is 66.4 Å². The Kier molecular flexibility index (Phi) is 9.60. The van der Waals surface area contributed by atoms with Crippen LogP contribution >= 0.6 is 0 Å². The first-order valence-electron chi connectivity index (χ1n) is 19.5. The molecule has 0 saturated carbocycles. The second kappa shape index (κ2) is 15.6. The van der Waals surface area contributed by atoms with E-state index in [2.05, 4.69) is 24.3 Å². The number of benzene rings is 10. The summed E-state index contributed by atoms with van der Waals surface area (Å²) in [7, 11) is 0. The van der Waals surface area contributed by atoms with Crippen LogP contribution < -0.4 is 19.3 Å². The molecule has 0 amide bonds. The lowest BCUT2D eigenvalue weighted by Gasteiger charge is -2.29. The first-order valence-corrected chi connectivity index (χ1v) is 19.5. The van der Waals surface area contributed by atoms with Crippen molar-refractivity contribution in [1.29, 1.82) is 0 Å². The summed E-state index contributed by atoms with van der Waals surface area (Å²) in [5.41, 5.74) is 4.49. The zero-order valence-electron chi connectivity index (χ0n) is 32.3. The summed E-state index contributed by atoms with van der Waals surface area (Å²) in [4.78, 5) is 4.07. The van der Waals surface area contributed by atoms with Gasteiger partial charge in [-0.1, -0.05) is 84.9 Å². The predicted molar refractivity (Wildman–Crippen MR) is 232 cm³/mol. The van der Waals surface area contributed by atoms with Crippen molar-refractivity contribution < 1.29 is 35.8 Å². The van der Waals surface area contributed by atoms with Crippen LogP contribution in [0.3, 0.4) is 0 Å². The number of anilines is 6. The molecule has 0 aromatic heterocycles. The number of nitrogens with zero attached hydrogens (tertiary/aromatic N) is 2. The van der Waals surface area contributed by atoms with E-state index in [1.807, 2.05) is 107 Å². The number of para-hydroxylation sites is 2. The van der Waals surface area contributed by atoms with Gasteiger partial charge in [-0.05, 0) is 82.2 Å². The van der Waals surface area contributed by atoms with Crippen LogP contribution in [0.4, 0.5) is 60.5 Å². The van der Waals surface area contributed by atoms with Crippen molar-refractivity contribution in [3.8, 4) is 23.0 Å². The lowest BCUT2D eigenvalue weighted by atomic mass is 9.91. The van der Waals surface area contributed by atoms with Gasteiger partial charge >= 0.3 is 0 Å². The quantitative estimate of drug-likeness (QED) is 0.101. The molecule has 0 unspecified atom stereocenters. The van der Waals surface area contributed by atoms with E-state index in [-0.39, 0.29) is 11.5 Å². The molecule has 0 spiro atoms. The first kappa shape index (κ1) is 38.2. The molecule has 0 heterocycles. The monoisotopic (exact) mass is 828 g/mol. The molecule has 302 valence electrons. The predicted octanol–water partition coefficient (Wildman–Crippen LogP) is 15.9. The average Bonchev–Trinajstić information content (AvgIpc) is 3.27. The van der Waals surface area contributed by atoms with Crippen molar-refractivity contribution in [2.75, 3.05) is 9.80 Å². The molecule has 0 bridgehead atoms. The minimum atomic E-state index is -1.17. The minimum Gasteiger partial charge on any atom is -0.451 e. The van der Waals surface area contributed by atoms with Crippen LogP contribution in [0.1, 0.15) is 0 Å². The molecule has 10 aromatic carbocycles. The van der Waals surface area contributed by atoms with Gasteiger partial charge in [0.2, 0.25) is 0 Å². The lowest BCUT2D eigenvalue weighted by molar-refractivity contribution is 0.401. The molecule has 0 radical (unpaired) electrons. The van der Waals surface area contributed by atoms with Crippen LogP contribution in [0.2, 0.25) is 0 Å². The van der Waals surface area contributed by atoms with E-state index in [9.17, 15) is 26.3 Å². The number of ether oxygens (including phenoxy) is 2. The van der Waals surface area contributed by atoms with Crippen LogP contribution in [-0.2, 0) is 0 Å². The number of halogens is 6. The van der Waals surface area contributed by atoms with Gasteiger partial charge < -0.3 is 19.3 Å². The third-order valence-corrected chi connectivity index (χ3v) is 10.6. The summed E-state index contributed by atoms with van der Waals surface area (Å²) in [6, 6.07) is 51.6. The molecule has 0 atom stereocenters. The zero-order valence-corrected chi connectivity index (χ0v) is 32.3. The average molecular weight is 829 g/mol. The third-order valence-electron chi connectivity index (χ3n) is 10.6. The first-order chi connectivity index (χ1) is 30.2. The van der Waals surface area contributed by atoms with E-state index in [1.54, 1.807) is 36.4 Å². The number of hydrogen-bond donors (Lipinski definition) is 0. The topological polar surface area (TPSA) is 24.9 Å². The Balaban J connectivity index is 1.13. The maximum absolute atomic E-state index is 14.7. The summed E-state index contributed by atoms with van der Waals surface area (Å²) < 4.78 is 97.7. The Morgan fingerprint density at radius 1 is 0.323 bits per heavy atom. The molecule has 0 aliphatic rings. The van der Waals surface area contributed by atoms with Crippen LogP contribution in [-0.4, -0.2) is 0 Å². The van der Waals surface area contributed by atoms with Gasteiger partial charge in [0.05, 0.1) is 11.4 Å². The zero-order chi connectivity index (χ0) is 42.5. The molecule has 10 heteroatoms. The van der Waals surface area contributed by atoms with E-state index in [1.165, 1.54) is 0 Å². The van der Waals surface area contributed by atoms with Crippen molar-refractivity contribution in [3.05, 3.63) is 217 Å². The summed E-state index contributed by atoms with van der Waals surface area (Å²) >= 11 is 0. The van der Waals surface area contributed by atoms with Gasteiger partial charge in [0.1, 0.15) is 23.1 Å². The van der Waals surface area contributed by atoms with Crippen LogP contribution in [0, 0.1) is 34.9 Å². The van der Waals surface area contributed by atoms with Gasteiger partial charge in [0.25, 0.3) is 0 Å². The Hall–Kier alpha value is -7.98. The summed E-state index contributed by atoms with van der Waals surface area (Å²) in [5, 5.41) is 5.75. The van der Waals surface area contributed by atoms with Gasteiger partial charge in [0, 0.05) is 69.9 Å². The smallest absolute Gasteiger partial charge is 0.198 e. The molecule has 0 aliphatic heterocycles. The van der Waals surface area contributed by atoms with Gasteiger partial charge in [-0.3, -0.25) is 0 Å². The summed E-state index contributed by atoms with van der Waals surface area (Å²) in [6.07, 6.45) is 0. The fourth-order valence-electron chi connectivity index (χ4n) is 8.03. The molecule has 0 saturated heterocycles. The molecule has 10 aromatic rings. The largest absolute Gasteiger partial charge is 0.451 e. The summed E-state index contributed by atoms with van der Waals surface area (Å²) in [5.74, 6) is -7.92. The third kappa shape index (κ3) is 6.91. The van der Waals surface area contributed by atoms with Gasteiger partial charge in [-0.2, -0.15) is 0 Å². The van der Waals surface area contributed by atoms with Gasteiger partial charge in [-0.15, -0.1) is 0 Å². The standard InChI is InChI=1S/C52H30F6N2O2/c53-33-25-43(55)51(44(56)26-33)61-39-15-7-13-37(29-39)59(35-9-3-1-4-10-35)47-23-19-31-18-22-42-48(24-20-32-17-21-41(47)49(31)50(32)42)60(36-11-5-2-6-12-36)38-14-8-16-40(30-38)62-52-45(57)27-34(54)28-46(52)58/h1-30H. The molecule has 10 rings (SSSR count). The molecular formula is C52H30F6N2O2. The molecule has 0 fully saturated rings. The SMILES string of the molecule is Fc1cc(F)c(Oc2cccc(N(c3ccccc3)c3ccc4ccc5c(N(c6ccccc6)c6cccc(Oc7c(F)cc(F)cc7F)c6)ccc6ccc3c4c65)c2)c(F)c1. The van der Waals surface area contributed by atoms with E-state index in [4.69, 9.17) is 9.47 Å². The van der Waals surface area contributed by atoms with Crippen LogP contribution in [0.15, 0.2) is 182 Å². The van der Waals surface area contributed by atoms with Crippen molar-refractivity contribution in [1.82, 2.24) is 0 Å². The maximum Gasteiger partial charge on any atom is 0.198 e. The van der Waals surface area contributed by atoms with Gasteiger partial charge in [0.15, 0.2) is 34.8 Å². The van der Waals surface area contributed by atoms with Crippen LogP contribution in [0.25, 0.3) is 32.3 Å². The fraction of sp³-hybridized carbons (Fsp3) is 0. The Labute approximate surface area is 351 Å². The second-order valence-electron chi connectivity index (χ2n) is 14.5. The molecule has 0 N–H and O–H groups in total. The fourth-order valence-corrected chi connectivity index (χ4v) is 8.03. The highest BCUT2D eigenvalue weighted by Gasteiger charge is 2.23. The normalized spacial score (nSPS) is 11.4. The van der Waals surface area contributed by atoms with Crippen LogP contribution in [0.5, 0.6) is 23.0 Å². The number of hydrogen-bond acceptors (Lipinski definition) is 4. The molecule has 4 nitrogen and oxygen atoms in total. The number of rotatable bonds is 10. The summed E-state index contributed by atoms with van der Waals surface area (Å²) in [6.45, 7) is 0. The maximum atomic E-state index is 14.7. The van der Waals surface area contributed by atoms with Crippen molar-refractivity contribution in [2.24, 2.45) is 0 Å². The van der Waals surface area contributed by atoms with Crippen molar-refractivity contribution in [3.63, 3.8) is 0 Å². The highest BCUT2D eigenvalue weighted by atomic mass is 19.2. The second-order valence-corrected chi connectivity index (χ2v) is 14.5. The Bertz CT molecular complexity index is 3030. The molecule has 62 heavy (non-hydrogen) atoms. The van der Waals surface area contributed by atoms with Crippen molar-refractivity contribution in [2.45, 2.75) is 0 Å². The van der Waals surface area contributed by atoms with E-state index in [0.717, 1.165) is 55.1 Å². The highest BCUT2D eigenvalue weighted by molar-refractivity contribution is 6.28. The van der Waals surface area contributed by atoms with E-state index < -0.39 is 46.4 Å². The highest BCUT2D eigenvalue weighted by Crippen LogP contribution is 2.48. The Morgan fingerprint density at radius 2 is 0.677 bits per heavy atom. The molecular weight excluding hydrogens is 799 g/mol. The lowest BCUT2D eigenvalue weighted by Crippen LogP contribution is -2.11.